The lowest BCUT2D eigenvalue weighted by Crippen LogP contribution is -2.27. The van der Waals surface area contributed by atoms with Crippen LogP contribution in [0.3, 0.4) is 0 Å². The molecule has 0 atom stereocenters. The number of aromatic nitrogens is 4. The summed E-state index contributed by atoms with van der Waals surface area (Å²) >= 11 is 1.32. The van der Waals surface area contributed by atoms with Gasteiger partial charge in [0.25, 0.3) is 0 Å². The van der Waals surface area contributed by atoms with Crippen molar-refractivity contribution in [2.45, 2.75) is 25.5 Å². The van der Waals surface area contributed by atoms with Crippen molar-refractivity contribution >= 4 is 23.3 Å². The molecule has 6 nitrogen and oxygen atoms in total. The molecule has 0 aliphatic carbocycles. The Morgan fingerprint density at radius 2 is 1.96 bits per heavy atom. The van der Waals surface area contributed by atoms with Crippen LogP contribution in [0.25, 0.3) is 5.65 Å². The van der Waals surface area contributed by atoms with Gasteiger partial charge in [0.15, 0.2) is 10.8 Å². The van der Waals surface area contributed by atoms with Crippen LogP contribution in [0.1, 0.15) is 17.1 Å². The Morgan fingerprint density at radius 1 is 1.24 bits per heavy atom. The summed E-state index contributed by atoms with van der Waals surface area (Å²) in [5.74, 6) is 0.704. The van der Waals surface area contributed by atoms with Gasteiger partial charge in [-0.15, -0.1) is 10.2 Å². The smallest absolute Gasteiger partial charge is 0.233 e. The number of rotatable bonds is 5. The maximum absolute atomic E-state index is 12.9. The molecule has 25 heavy (non-hydrogen) atoms. The first-order valence-electron chi connectivity index (χ1n) is 7.74. The fraction of sp³-hybridized carbons (Fsp3) is 0.294. The van der Waals surface area contributed by atoms with Gasteiger partial charge in [0.1, 0.15) is 11.6 Å². The van der Waals surface area contributed by atoms with E-state index in [9.17, 15) is 9.18 Å². The summed E-state index contributed by atoms with van der Waals surface area (Å²) in [5, 5.41) is 8.92. The first-order chi connectivity index (χ1) is 11.9. The van der Waals surface area contributed by atoms with E-state index in [1.165, 1.54) is 23.9 Å². The Balaban J connectivity index is 1.65. The van der Waals surface area contributed by atoms with Crippen LogP contribution in [0.5, 0.6) is 0 Å². The first kappa shape index (κ1) is 17.3. The Hall–Kier alpha value is -2.48. The van der Waals surface area contributed by atoms with Gasteiger partial charge in [0, 0.05) is 25.4 Å². The second-order valence-corrected chi connectivity index (χ2v) is 6.73. The number of thioether (sulfide) groups is 1. The highest BCUT2D eigenvalue weighted by Gasteiger charge is 2.14. The van der Waals surface area contributed by atoms with Crippen molar-refractivity contribution in [1.82, 2.24) is 24.5 Å². The summed E-state index contributed by atoms with van der Waals surface area (Å²) in [6.45, 7) is 4.22. The summed E-state index contributed by atoms with van der Waals surface area (Å²) in [6, 6.07) is 7.99. The molecule has 8 heteroatoms. The highest BCUT2D eigenvalue weighted by atomic mass is 32.2. The minimum atomic E-state index is -0.286. The van der Waals surface area contributed by atoms with E-state index in [1.54, 1.807) is 24.1 Å². The molecule has 0 radical (unpaired) electrons. The minimum Gasteiger partial charge on any atom is -0.341 e. The van der Waals surface area contributed by atoms with E-state index >= 15 is 0 Å². The van der Waals surface area contributed by atoms with E-state index in [4.69, 9.17) is 0 Å². The average Bonchev–Trinajstić information content (AvgIpc) is 2.97. The van der Waals surface area contributed by atoms with Crippen LogP contribution < -0.4 is 0 Å². The minimum absolute atomic E-state index is 0.0381. The van der Waals surface area contributed by atoms with Crippen molar-refractivity contribution in [3.8, 4) is 0 Å². The molecule has 0 saturated heterocycles. The predicted molar refractivity (Wildman–Crippen MR) is 93.9 cm³/mol. The van der Waals surface area contributed by atoms with Crippen molar-refractivity contribution in [1.29, 1.82) is 0 Å². The summed E-state index contributed by atoms with van der Waals surface area (Å²) in [7, 11) is 1.73. The Morgan fingerprint density at radius 3 is 2.68 bits per heavy atom. The number of halogens is 1. The molecule has 0 saturated carbocycles. The molecule has 130 valence electrons. The van der Waals surface area contributed by atoms with Crippen LogP contribution in [0.4, 0.5) is 4.39 Å². The van der Waals surface area contributed by atoms with Crippen LogP contribution in [0.2, 0.25) is 0 Å². The Bertz CT molecular complexity index is 909. The van der Waals surface area contributed by atoms with Crippen LogP contribution in [0.15, 0.2) is 35.5 Å². The molecule has 3 aromatic rings. The fourth-order valence-corrected chi connectivity index (χ4v) is 3.41. The number of hydrogen-bond acceptors (Lipinski definition) is 5. The van der Waals surface area contributed by atoms with Crippen molar-refractivity contribution in [2.24, 2.45) is 0 Å². The lowest BCUT2D eigenvalue weighted by Gasteiger charge is -2.16. The van der Waals surface area contributed by atoms with Crippen LogP contribution in [0, 0.1) is 19.7 Å². The van der Waals surface area contributed by atoms with Gasteiger partial charge in [-0.05, 0) is 31.5 Å². The standard InChI is InChI=1S/C17H18FN5OS/c1-11-8-15-20-21-17(23(15)12(2)19-11)25-10-16(24)22(3)9-13-4-6-14(18)7-5-13/h4-8H,9-10H2,1-3H3. The lowest BCUT2D eigenvalue weighted by molar-refractivity contribution is -0.127. The number of hydrogen-bond donors (Lipinski definition) is 0. The second kappa shape index (κ2) is 7.18. The van der Waals surface area contributed by atoms with Crippen LogP contribution in [-0.2, 0) is 11.3 Å². The Labute approximate surface area is 149 Å². The van der Waals surface area contributed by atoms with Gasteiger partial charge in [0.2, 0.25) is 5.91 Å². The molecular weight excluding hydrogens is 341 g/mol. The third kappa shape index (κ3) is 3.96. The van der Waals surface area contributed by atoms with Gasteiger partial charge in [-0.2, -0.15) is 0 Å². The zero-order valence-corrected chi connectivity index (χ0v) is 15.0. The first-order valence-corrected chi connectivity index (χ1v) is 8.73. The molecular formula is C17H18FN5OS. The van der Waals surface area contributed by atoms with Crippen LogP contribution in [-0.4, -0.2) is 43.2 Å². The number of benzene rings is 1. The fourth-order valence-electron chi connectivity index (χ4n) is 2.49. The summed E-state index contributed by atoms with van der Waals surface area (Å²) in [4.78, 5) is 18.4. The molecule has 0 bridgehead atoms. The molecule has 0 N–H and O–H groups in total. The van der Waals surface area contributed by atoms with Crippen molar-refractivity contribution in [3.05, 3.63) is 53.2 Å². The van der Waals surface area contributed by atoms with Crippen molar-refractivity contribution in [3.63, 3.8) is 0 Å². The van der Waals surface area contributed by atoms with Crippen molar-refractivity contribution < 1.29 is 9.18 Å². The van der Waals surface area contributed by atoms with Gasteiger partial charge >= 0.3 is 0 Å². The topological polar surface area (TPSA) is 63.4 Å². The normalized spacial score (nSPS) is 11.0. The van der Waals surface area contributed by atoms with Gasteiger partial charge in [0.05, 0.1) is 5.75 Å². The number of fused-ring (bicyclic) bond motifs is 1. The zero-order valence-electron chi connectivity index (χ0n) is 14.2. The number of amides is 1. The van der Waals surface area contributed by atoms with Gasteiger partial charge in [-0.1, -0.05) is 23.9 Å². The third-order valence-electron chi connectivity index (χ3n) is 3.74. The zero-order chi connectivity index (χ0) is 18.0. The predicted octanol–water partition coefficient (Wildman–Crippen LogP) is 2.63. The monoisotopic (exact) mass is 359 g/mol. The van der Waals surface area contributed by atoms with Gasteiger partial charge in [-0.3, -0.25) is 9.20 Å². The largest absolute Gasteiger partial charge is 0.341 e. The molecule has 0 fully saturated rings. The van der Waals surface area contributed by atoms with E-state index < -0.39 is 0 Å². The number of carbonyl (C=O) groups excluding carboxylic acids is 1. The van der Waals surface area contributed by atoms with Gasteiger partial charge < -0.3 is 4.90 Å². The lowest BCUT2D eigenvalue weighted by atomic mass is 10.2. The maximum Gasteiger partial charge on any atom is 0.233 e. The molecule has 0 unspecified atom stereocenters. The SMILES string of the molecule is Cc1cc2nnc(SCC(=O)N(C)Cc3ccc(F)cc3)n2c(C)n1. The van der Waals surface area contributed by atoms with Crippen LogP contribution >= 0.6 is 11.8 Å². The second-order valence-electron chi connectivity index (χ2n) is 5.79. The Kier molecular flexibility index (Phi) is 4.98. The molecule has 0 aliphatic rings. The van der Waals surface area contributed by atoms with Crippen molar-refractivity contribution in [2.75, 3.05) is 12.8 Å². The molecule has 0 aliphatic heterocycles. The number of nitrogens with zero attached hydrogens (tertiary/aromatic N) is 5. The summed E-state index contributed by atoms with van der Waals surface area (Å²) in [5.41, 5.74) is 2.48. The molecule has 0 spiro atoms. The third-order valence-corrected chi connectivity index (χ3v) is 4.66. The van der Waals surface area contributed by atoms with E-state index in [-0.39, 0.29) is 17.5 Å². The highest BCUT2D eigenvalue weighted by Crippen LogP contribution is 2.19. The maximum atomic E-state index is 12.9. The molecule has 3 rings (SSSR count). The molecule has 1 amide bonds. The van der Waals surface area contributed by atoms with E-state index in [0.717, 1.165) is 22.7 Å². The summed E-state index contributed by atoms with van der Waals surface area (Å²) < 4.78 is 14.8. The summed E-state index contributed by atoms with van der Waals surface area (Å²) in [6.07, 6.45) is 0. The van der Waals surface area contributed by atoms with E-state index in [2.05, 4.69) is 15.2 Å². The van der Waals surface area contributed by atoms with E-state index in [1.807, 2.05) is 24.3 Å². The number of aryl methyl sites for hydroxylation is 2. The van der Waals surface area contributed by atoms with Gasteiger partial charge in [-0.25, -0.2) is 9.37 Å². The quantitative estimate of drug-likeness (QED) is 0.655. The number of carbonyl (C=O) groups is 1. The van der Waals surface area contributed by atoms with E-state index in [0.29, 0.717) is 11.7 Å². The molecule has 1 aromatic carbocycles. The highest BCUT2D eigenvalue weighted by molar-refractivity contribution is 7.99. The average molecular weight is 359 g/mol. The molecule has 2 heterocycles. The molecule has 2 aromatic heterocycles.